The number of rotatable bonds is 9. The number of aromatic nitrogens is 1. The zero-order valence-electron chi connectivity index (χ0n) is 24.5. The molecule has 2 aromatic rings. The molecule has 0 spiro atoms. The Kier molecular flexibility index (Phi) is 9.13. The summed E-state index contributed by atoms with van der Waals surface area (Å²) in [5.74, 6) is 0.564. The molecule has 1 aromatic carbocycles. The number of carboxylic acids is 1. The molecule has 0 amide bonds. The Hall–Kier alpha value is -2.98. The van der Waals surface area contributed by atoms with Gasteiger partial charge in [0.2, 0.25) is 0 Å². The topological polar surface area (TPSA) is 116 Å². The van der Waals surface area contributed by atoms with Gasteiger partial charge in [-0.2, -0.15) is 0 Å². The molecule has 1 saturated carbocycles. The number of ether oxygens (including phenoxy) is 2. The third kappa shape index (κ3) is 6.59. The number of hydrogen-bond acceptors (Lipinski definition) is 7. The fraction of sp³-hybridized carbons (Fsp3) is 0.548. The number of hydrogen-bond donors (Lipinski definition) is 2. The largest absolute Gasteiger partial charge is 0.494 e. The van der Waals surface area contributed by atoms with E-state index in [1.165, 1.54) is 0 Å². The Bertz CT molecular complexity index is 1330. The Balaban J connectivity index is 0.00000387. The molecule has 0 bridgehead atoms. The first-order chi connectivity index (χ1) is 19.0. The molecule has 1 aromatic heterocycles. The average molecular weight is 630 g/mol. The number of benzene rings is 1. The first-order valence-electron chi connectivity index (χ1n) is 14.2. The summed E-state index contributed by atoms with van der Waals surface area (Å²) in [7, 11) is 1.66. The molecule has 2 N–H and O–H groups in total. The number of carboxylic acid groups (broad SMARTS) is 1. The van der Waals surface area contributed by atoms with Gasteiger partial charge < -0.3 is 24.4 Å². The van der Waals surface area contributed by atoms with Crippen molar-refractivity contribution in [1.29, 1.82) is 5.41 Å². The van der Waals surface area contributed by atoms with Crippen molar-refractivity contribution in [3.05, 3.63) is 52.3 Å². The number of aliphatic carboxylic acids is 1. The van der Waals surface area contributed by atoms with Gasteiger partial charge >= 0.3 is 5.97 Å². The molecule has 2 fully saturated rings. The second kappa shape index (κ2) is 12.1. The van der Waals surface area contributed by atoms with Crippen molar-refractivity contribution >= 4 is 40.3 Å². The lowest BCUT2D eigenvalue weighted by molar-refractivity contribution is -0.153. The first kappa shape index (κ1) is 31.0. The molecule has 0 radical (unpaired) electrons. The molecule has 3 heterocycles. The molecule has 9 nitrogen and oxygen atoms in total. The van der Waals surface area contributed by atoms with Crippen LogP contribution in [-0.4, -0.2) is 71.5 Å². The number of Topliss-reactive ketones (excluding diaryl/α,β-unsaturated/α-hetero) is 1. The zero-order chi connectivity index (χ0) is 28.8. The van der Waals surface area contributed by atoms with Crippen molar-refractivity contribution in [2.45, 2.75) is 83.5 Å². The van der Waals surface area contributed by atoms with Gasteiger partial charge in [-0.05, 0) is 56.2 Å². The van der Waals surface area contributed by atoms with Gasteiger partial charge in [0.25, 0.3) is 0 Å². The Morgan fingerprint density at radius 1 is 1.15 bits per heavy atom. The predicted molar refractivity (Wildman–Crippen MR) is 163 cm³/mol. The summed E-state index contributed by atoms with van der Waals surface area (Å²) in [4.78, 5) is 33.7. The molecule has 1 atom stereocenters. The number of piperidine rings is 1. The molecule has 1 aliphatic carbocycles. The molecule has 1 saturated heterocycles. The van der Waals surface area contributed by atoms with Crippen LogP contribution in [0.2, 0.25) is 0 Å². The van der Waals surface area contributed by atoms with Gasteiger partial charge in [-0.3, -0.25) is 10.2 Å². The minimum atomic E-state index is -0.960. The Morgan fingerprint density at radius 2 is 1.83 bits per heavy atom. The fourth-order valence-electron chi connectivity index (χ4n) is 5.64. The minimum absolute atomic E-state index is 0. The van der Waals surface area contributed by atoms with E-state index in [-0.39, 0.29) is 40.8 Å². The van der Waals surface area contributed by atoms with Gasteiger partial charge in [0.1, 0.15) is 17.3 Å². The van der Waals surface area contributed by atoms with Crippen LogP contribution in [0, 0.1) is 5.41 Å². The van der Waals surface area contributed by atoms with Crippen LogP contribution in [0.5, 0.6) is 5.75 Å². The molecule has 1 unspecified atom stereocenters. The quantitative estimate of drug-likeness (QED) is 0.358. The number of pyridine rings is 1. The van der Waals surface area contributed by atoms with Crippen LogP contribution in [0.15, 0.2) is 24.3 Å². The second-order valence-corrected chi connectivity index (χ2v) is 12.3. The van der Waals surface area contributed by atoms with Crippen molar-refractivity contribution in [2.24, 2.45) is 0 Å². The summed E-state index contributed by atoms with van der Waals surface area (Å²) in [6, 6.07) is 7.97. The number of ketones is 1. The molecular weight excluding hydrogens is 588 g/mol. The van der Waals surface area contributed by atoms with Gasteiger partial charge in [0.05, 0.1) is 25.4 Å². The minimum Gasteiger partial charge on any atom is -0.494 e. The maximum Gasteiger partial charge on any atom is 0.332 e. The summed E-state index contributed by atoms with van der Waals surface area (Å²) >= 11 is 0. The number of nitrogens with one attached hydrogen (secondary N) is 1. The van der Waals surface area contributed by atoms with E-state index >= 15 is 0 Å². The first-order valence-corrected chi connectivity index (χ1v) is 14.2. The number of halogens is 1. The van der Waals surface area contributed by atoms with Crippen LogP contribution < -0.4 is 9.64 Å². The summed E-state index contributed by atoms with van der Waals surface area (Å²) in [6.45, 7) is 9.81. The van der Waals surface area contributed by atoms with Crippen molar-refractivity contribution in [2.75, 3.05) is 31.6 Å². The van der Waals surface area contributed by atoms with E-state index in [1.807, 2.05) is 17.0 Å². The van der Waals surface area contributed by atoms with Crippen molar-refractivity contribution in [3.8, 4) is 5.75 Å². The van der Waals surface area contributed by atoms with E-state index in [0.717, 1.165) is 41.1 Å². The SMILES string of the molecule is Br.COc1c(N2CCC(OC(C)C(=O)O)CC2)cc(C(=O)CN2Cc3ccc(C4CC4)nc3C2=N)cc1C(C)(C)C. The summed E-state index contributed by atoms with van der Waals surface area (Å²) in [5, 5.41) is 17.9. The summed E-state index contributed by atoms with van der Waals surface area (Å²) < 4.78 is 11.7. The van der Waals surface area contributed by atoms with E-state index in [9.17, 15) is 14.7 Å². The fourth-order valence-corrected chi connectivity index (χ4v) is 5.64. The predicted octanol–water partition coefficient (Wildman–Crippen LogP) is 5.33. The third-order valence-electron chi connectivity index (χ3n) is 8.16. The molecule has 10 heteroatoms. The standard InChI is InChI=1S/C31H40N4O5.BrH/c1-18(30(37)38)40-22-10-12-34(13-11-22)25-15-21(14-23(28(25)39-5)31(2,3)4)26(36)17-35-16-20-8-9-24(19-6-7-19)33-27(20)29(35)32;/h8-9,14-15,18-19,22,32H,6-7,10-13,16-17H2,1-5H3,(H,37,38);1H. The van der Waals surface area contributed by atoms with Crippen LogP contribution in [0.1, 0.15) is 92.2 Å². The number of carbonyl (C=O) groups is 2. The third-order valence-corrected chi connectivity index (χ3v) is 8.16. The normalized spacial score (nSPS) is 18.1. The number of amidine groups is 1. The lowest BCUT2D eigenvalue weighted by Crippen LogP contribution is -2.39. The second-order valence-electron chi connectivity index (χ2n) is 12.3. The number of fused-ring (bicyclic) bond motifs is 1. The molecule has 41 heavy (non-hydrogen) atoms. The highest BCUT2D eigenvalue weighted by molar-refractivity contribution is 8.93. The molecule has 222 valence electrons. The maximum atomic E-state index is 13.7. The van der Waals surface area contributed by atoms with E-state index in [4.69, 9.17) is 19.9 Å². The number of nitrogens with zero attached hydrogens (tertiary/aromatic N) is 3. The van der Waals surface area contributed by atoms with Gasteiger partial charge in [0, 0.05) is 47.9 Å². The maximum absolute atomic E-state index is 13.7. The van der Waals surface area contributed by atoms with Crippen LogP contribution >= 0.6 is 17.0 Å². The lowest BCUT2D eigenvalue weighted by Gasteiger charge is -2.36. The van der Waals surface area contributed by atoms with Crippen LogP contribution in [0.3, 0.4) is 0 Å². The highest BCUT2D eigenvalue weighted by Gasteiger charge is 2.33. The highest BCUT2D eigenvalue weighted by Crippen LogP contribution is 2.42. The highest BCUT2D eigenvalue weighted by atomic mass is 79.9. The van der Waals surface area contributed by atoms with Gasteiger partial charge in [-0.15, -0.1) is 17.0 Å². The van der Waals surface area contributed by atoms with E-state index < -0.39 is 12.1 Å². The number of carbonyl (C=O) groups excluding carboxylic acids is 1. The van der Waals surface area contributed by atoms with Crippen LogP contribution in [0.25, 0.3) is 0 Å². The van der Waals surface area contributed by atoms with E-state index in [0.29, 0.717) is 55.5 Å². The number of anilines is 1. The Morgan fingerprint density at radius 3 is 2.41 bits per heavy atom. The van der Waals surface area contributed by atoms with Crippen LogP contribution in [-0.2, 0) is 21.5 Å². The van der Waals surface area contributed by atoms with Gasteiger partial charge in [-0.1, -0.05) is 26.8 Å². The molecular formula is C31H41BrN4O5. The van der Waals surface area contributed by atoms with E-state index in [1.54, 1.807) is 14.0 Å². The lowest BCUT2D eigenvalue weighted by atomic mass is 9.84. The molecule has 2 aliphatic heterocycles. The van der Waals surface area contributed by atoms with Crippen LogP contribution in [0.4, 0.5) is 5.69 Å². The monoisotopic (exact) mass is 628 g/mol. The average Bonchev–Trinajstić information content (AvgIpc) is 3.72. The van der Waals surface area contributed by atoms with E-state index in [2.05, 4.69) is 37.8 Å². The van der Waals surface area contributed by atoms with Gasteiger partial charge in [0.15, 0.2) is 11.9 Å². The smallest absolute Gasteiger partial charge is 0.332 e. The van der Waals surface area contributed by atoms with Crippen molar-refractivity contribution < 1.29 is 24.2 Å². The Labute approximate surface area is 252 Å². The molecule has 5 rings (SSSR count). The zero-order valence-corrected chi connectivity index (χ0v) is 26.2. The molecule has 3 aliphatic rings. The van der Waals surface area contributed by atoms with Crippen molar-refractivity contribution in [3.63, 3.8) is 0 Å². The summed E-state index contributed by atoms with van der Waals surface area (Å²) in [6.07, 6.45) is 2.71. The summed E-state index contributed by atoms with van der Waals surface area (Å²) in [5.41, 5.74) is 4.88. The number of methoxy groups -OCH3 is 1. The van der Waals surface area contributed by atoms with Crippen molar-refractivity contribution in [1.82, 2.24) is 9.88 Å². The van der Waals surface area contributed by atoms with Gasteiger partial charge in [-0.25, -0.2) is 9.78 Å².